The third kappa shape index (κ3) is 3.22. The Labute approximate surface area is 120 Å². The molecule has 0 aromatic carbocycles. The van der Waals surface area contributed by atoms with Gasteiger partial charge in [-0.1, -0.05) is 19.9 Å². The van der Waals surface area contributed by atoms with E-state index in [0.29, 0.717) is 17.7 Å². The van der Waals surface area contributed by atoms with Crippen molar-refractivity contribution < 1.29 is 9.57 Å². The van der Waals surface area contributed by atoms with Gasteiger partial charge in [-0.3, -0.25) is 0 Å². The summed E-state index contributed by atoms with van der Waals surface area (Å²) in [6.45, 7) is 6.55. The average molecular weight is 277 g/mol. The number of methoxy groups -OCH3 is 1. The molecule has 0 amide bonds. The molecule has 2 rings (SSSR count). The topological polar surface area (TPSA) is 60.6 Å². The summed E-state index contributed by atoms with van der Waals surface area (Å²) in [5.74, 6) is 1.65. The maximum absolute atomic E-state index is 5.83. The first-order valence-electron chi connectivity index (χ1n) is 6.94. The molecule has 1 aromatic rings. The predicted octanol–water partition coefficient (Wildman–Crippen LogP) is 2.61. The van der Waals surface area contributed by atoms with E-state index < -0.39 is 0 Å². The van der Waals surface area contributed by atoms with Crippen LogP contribution >= 0.6 is 0 Å². The van der Waals surface area contributed by atoms with Crippen LogP contribution in [-0.4, -0.2) is 23.2 Å². The van der Waals surface area contributed by atoms with Gasteiger partial charge >= 0.3 is 0 Å². The van der Waals surface area contributed by atoms with E-state index in [0.717, 1.165) is 12.0 Å². The lowest BCUT2D eigenvalue weighted by molar-refractivity contribution is -0.151. The van der Waals surface area contributed by atoms with E-state index in [-0.39, 0.29) is 12.1 Å². The van der Waals surface area contributed by atoms with Crippen LogP contribution < -0.4 is 10.5 Å². The van der Waals surface area contributed by atoms with E-state index in [9.17, 15) is 0 Å². The molecule has 1 aliphatic heterocycles. The highest BCUT2D eigenvalue weighted by atomic mass is 16.7. The zero-order valence-corrected chi connectivity index (χ0v) is 12.5. The van der Waals surface area contributed by atoms with E-state index in [1.807, 2.05) is 23.3 Å². The van der Waals surface area contributed by atoms with E-state index in [4.69, 9.17) is 15.3 Å². The van der Waals surface area contributed by atoms with Gasteiger partial charge in [-0.05, 0) is 24.8 Å². The van der Waals surface area contributed by atoms with Crippen molar-refractivity contribution in [2.45, 2.75) is 39.3 Å². The molecule has 5 nitrogen and oxygen atoms in total. The van der Waals surface area contributed by atoms with Crippen LogP contribution in [0.15, 0.2) is 30.3 Å². The van der Waals surface area contributed by atoms with Crippen molar-refractivity contribution in [2.24, 2.45) is 11.7 Å². The monoisotopic (exact) mass is 277 g/mol. The Morgan fingerprint density at radius 2 is 2.15 bits per heavy atom. The molecule has 110 valence electrons. The fourth-order valence-corrected chi connectivity index (χ4v) is 2.52. The molecule has 0 fully saturated rings. The fourth-order valence-electron chi connectivity index (χ4n) is 2.52. The Hall–Kier alpha value is -1.75. The summed E-state index contributed by atoms with van der Waals surface area (Å²) >= 11 is 0. The normalized spacial score (nSPS) is 20.6. The van der Waals surface area contributed by atoms with Gasteiger partial charge in [-0.15, -0.1) is 5.06 Å². The first kappa shape index (κ1) is 14.7. The summed E-state index contributed by atoms with van der Waals surface area (Å²) < 4.78 is 5.08. The average Bonchev–Trinajstić information content (AvgIpc) is 2.80. The van der Waals surface area contributed by atoms with Crippen LogP contribution in [0, 0.1) is 5.92 Å². The van der Waals surface area contributed by atoms with Crippen LogP contribution in [0.4, 0.5) is 0 Å². The second kappa shape index (κ2) is 6.13. The van der Waals surface area contributed by atoms with Crippen molar-refractivity contribution in [1.29, 1.82) is 0 Å². The molecular formula is C15H23N3O2. The molecule has 2 N–H and O–H groups in total. The van der Waals surface area contributed by atoms with Crippen molar-refractivity contribution in [3.8, 4) is 5.88 Å². The zero-order valence-electron chi connectivity index (χ0n) is 12.5. The Morgan fingerprint density at radius 1 is 1.40 bits per heavy atom. The van der Waals surface area contributed by atoms with E-state index in [1.165, 1.54) is 0 Å². The smallest absolute Gasteiger partial charge is 0.212 e. The first-order valence-corrected chi connectivity index (χ1v) is 6.94. The lowest BCUT2D eigenvalue weighted by Crippen LogP contribution is -2.33. The Balaban J connectivity index is 2.17. The lowest BCUT2D eigenvalue weighted by Gasteiger charge is -2.29. The highest BCUT2D eigenvalue weighted by Crippen LogP contribution is 2.33. The number of pyridine rings is 1. The molecule has 2 atom stereocenters. The summed E-state index contributed by atoms with van der Waals surface area (Å²) in [7, 11) is 1.61. The Kier molecular flexibility index (Phi) is 4.49. The predicted molar refractivity (Wildman–Crippen MR) is 77.6 cm³/mol. The summed E-state index contributed by atoms with van der Waals surface area (Å²) in [6.07, 6.45) is 4.76. The van der Waals surface area contributed by atoms with Gasteiger partial charge in [0.1, 0.15) is 0 Å². The molecule has 0 aliphatic carbocycles. The number of ether oxygens (including phenoxy) is 1. The number of aromatic nitrogens is 1. The number of hydrogen-bond acceptors (Lipinski definition) is 5. The zero-order chi connectivity index (χ0) is 14.7. The molecule has 2 heterocycles. The maximum atomic E-state index is 5.83. The van der Waals surface area contributed by atoms with Crippen LogP contribution in [0.5, 0.6) is 5.88 Å². The van der Waals surface area contributed by atoms with E-state index in [1.54, 1.807) is 13.3 Å². The molecular weight excluding hydrogens is 254 g/mol. The molecule has 0 saturated heterocycles. The Bertz CT molecular complexity index is 471. The third-order valence-corrected chi connectivity index (χ3v) is 3.36. The first-order chi connectivity index (χ1) is 9.51. The summed E-state index contributed by atoms with van der Waals surface area (Å²) in [5.41, 5.74) is 6.87. The summed E-state index contributed by atoms with van der Waals surface area (Å²) in [6, 6.07) is 4.12. The highest BCUT2D eigenvalue weighted by Gasteiger charge is 2.31. The number of hydroxylamine groups is 2. The molecule has 5 heteroatoms. The molecule has 0 saturated carbocycles. The largest absolute Gasteiger partial charge is 0.481 e. The SMILES string of the molecule is COc1ccc(C2C=C(N)ON2C(C)CC(C)C)cn1. The maximum Gasteiger partial charge on any atom is 0.212 e. The van der Waals surface area contributed by atoms with Crippen LogP contribution in [0.3, 0.4) is 0 Å². The fraction of sp³-hybridized carbons (Fsp3) is 0.533. The minimum Gasteiger partial charge on any atom is -0.481 e. The standard InChI is InChI=1S/C15H23N3O2/c1-10(2)7-11(3)18-13(8-14(16)20-18)12-5-6-15(19-4)17-9-12/h5-6,8-11,13H,7,16H2,1-4H3. The third-order valence-electron chi connectivity index (χ3n) is 3.36. The van der Waals surface area contributed by atoms with E-state index >= 15 is 0 Å². The van der Waals surface area contributed by atoms with Crippen molar-refractivity contribution in [3.63, 3.8) is 0 Å². The van der Waals surface area contributed by atoms with Gasteiger partial charge in [0.15, 0.2) is 0 Å². The van der Waals surface area contributed by atoms with Crippen molar-refractivity contribution in [2.75, 3.05) is 7.11 Å². The van der Waals surface area contributed by atoms with Crippen molar-refractivity contribution in [3.05, 3.63) is 35.9 Å². The number of nitrogens with two attached hydrogens (primary N) is 1. The number of nitrogens with zero attached hydrogens (tertiary/aromatic N) is 2. The van der Waals surface area contributed by atoms with Gasteiger partial charge in [-0.25, -0.2) is 4.98 Å². The molecule has 1 aromatic heterocycles. The van der Waals surface area contributed by atoms with Crippen LogP contribution in [0.1, 0.15) is 38.8 Å². The molecule has 0 radical (unpaired) electrons. The van der Waals surface area contributed by atoms with Gasteiger partial charge in [0.25, 0.3) is 0 Å². The molecule has 0 spiro atoms. The van der Waals surface area contributed by atoms with Crippen LogP contribution in [0.2, 0.25) is 0 Å². The molecule has 1 aliphatic rings. The van der Waals surface area contributed by atoms with Gasteiger partial charge < -0.3 is 15.3 Å². The minimum atomic E-state index is 0.00200. The van der Waals surface area contributed by atoms with Crippen LogP contribution in [-0.2, 0) is 4.84 Å². The van der Waals surface area contributed by atoms with Gasteiger partial charge in [-0.2, -0.15) is 0 Å². The van der Waals surface area contributed by atoms with Gasteiger partial charge in [0.05, 0.1) is 13.2 Å². The second-order valence-corrected chi connectivity index (χ2v) is 5.58. The quantitative estimate of drug-likeness (QED) is 0.896. The second-order valence-electron chi connectivity index (χ2n) is 5.58. The lowest BCUT2D eigenvalue weighted by atomic mass is 10.0. The summed E-state index contributed by atoms with van der Waals surface area (Å²) in [5, 5.41) is 1.94. The van der Waals surface area contributed by atoms with Crippen molar-refractivity contribution >= 4 is 0 Å². The van der Waals surface area contributed by atoms with Crippen LogP contribution in [0.25, 0.3) is 0 Å². The molecule has 2 unspecified atom stereocenters. The highest BCUT2D eigenvalue weighted by molar-refractivity contribution is 5.25. The molecule has 20 heavy (non-hydrogen) atoms. The molecule has 0 bridgehead atoms. The van der Waals surface area contributed by atoms with Crippen molar-refractivity contribution in [1.82, 2.24) is 10.0 Å². The number of rotatable bonds is 5. The minimum absolute atomic E-state index is 0.00200. The van der Waals surface area contributed by atoms with E-state index in [2.05, 4.69) is 25.8 Å². The number of hydrogen-bond donors (Lipinski definition) is 1. The van der Waals surface area contributed by atoms with Gasteiger partial charge in [0.2, 0.25) is 11.8 Å². The summed E-state index contributed by atoms with van der Waals surface area (Å²) in [4.78, 5) is 9.91. The Morgan fingerprint density at radius 3 is 2.70 bits per heavy atom. The van der Waals surface area contributed by atoms with Gasteiger partial charge in [0, 0.05) is 24.4 Å².